The monoisotopic (exact) mass is 414 g/mol. The maximum absolute atomic E-state index is 12.2. The zero-order valence-electron chi connectivity index (χ0n) is 16.5. The second-order valence-corrected chi connectivity index (χ2v) is 8.06. The number of hydrogen-bond acceptors (Lipinski definition) is 6. The quantitative estimate of drug-likeness (QED) is 0.533. The summed E-state index contributed by atoms with van der Waals surface area (Å²) in [6, 6.07) is 3.39. The number of amides is 3. The lowest BCUT2D eigenvalue weighted by atomic mass is 9.86. The Morgan fingerprint density at radius 2 is 2.03 bits per heavy atom. The molecule has 1 fully saturated rings. The average Bonchev–Trinajstić information content (AvgIpc) is 3.12. The Morgan fingerprint density at radius 3 is 2.76 bits per heavy atom. The molecular weight excluding hydrogens is 388 g/mol. The molecule has 0 saturated heterocycles. The van der Waals surface area contributed by atoms with E-state index in [-0.39, 0.29) is 17.7 Å². The normalized spacial score (nSPS) is 18.8. The van der Waals surface area contributed by atoms with E-state index in [1.165, 1.54) is 18.2 Å². The summed E-state index contributed by atoms with van der Waals surface area (Å²) in [6.07, 6.45) is 9.49. The van der Waals surface area contributed by atoms with E-state index in [0.717, 1.165) is 24.8 Å². The summed E-state index contributed by atoms with van der Waals surface area (Å²) in [5.74, 6) is 0.816. The molecule has 29 heavy (non-hydrogen) atoms. The highest BCUT2D eigenvalue weighted by molar-refractivity contribution is 7.99. The molecule has 2 atom stereocenters. The summed E-state index contributed by atoms with van der Waals surface area (Å²) in [5, 5.41) is 14.4. The highest BCUT2D eigenvalue weighted by Crippen LogP contribution is 2.24. The minimum absolute atomic E-state index is 0.0687. The van der Waals surface area contributed by atoms with Gasteiger partial charge in [-0.15, -0.1) is 16.8 Å². The Kier molecular flexibility index (Phi) is 7.40. The van der Waals surface area contributed by atoms with Crippen LogP contribution in [0.3, 0.4) is 0 Å². The van der Waals surface area contributed by atoms with Gasteiger partial charge in [0.2, 0.25) is 5.91 Å². The van der Waals surface area contributed by atoms with Gasteiger partial charge in [-0.3, -0.25) is 19.7 Å². The Balaban J connectivity index is 1.56. The van der Waals surface area contributed by atoms with Crippen LogP contribution in [0.5, 0.6) is 0 Å². The minimum atomic E-state index is -0.431. The van der Waals surface area contributed by atoms with Crippen molar-refractivity contribution >= 4 is 23.7 Å². The lowest BCUT2D eigenvalue weighted by molar-refractivity contribution is -0.117. The summed E-state index contributed by atoms with van der Waals surface area (Å²) in [4.78, 5) is 28.4. The topological polar surface area (TPSA) is 102 Å². The Hall–Kier alpha value is -2.68. The molecule has 3 amide bonds. The molecule has 2 aromatic heterocycles. The molecule has 0 unspecified atom stereocenters. The third kappa shape index (κ3) is 5.66. The van der Waals surface area contributed by atoms with Gasteiger partial charge >= 0.3 is 6.03 Å². The first-order chi connectivity index (χ1) is 14.1. The molecule has 0 aromatic carbocycles. The number of carbonyl (C=O) groups excluding carboxylic acids is 2. The predicted octanol–water partition coefficient (Wildman–Crippen LogP) is 3.02. The summed E-state index contributed by atoms with van der Waals surface area (Å²) in [7, 11) is 0. The Bertz CT molecular complexity index is 854. The molecule has 2 N–H and O–H groups in total. The lowest BCUT2D eigenvalue weighted by Gasteiger charge is -2.29. The number of aromatic nitrogens is 4. The van der Waals surface area contributed by atoms with Crippen molar-refractivity contribution in [3.05, 3.63) is 37.2 Å². The van der Waals surface area contributed by atoms with E-state index in [0.29, 0.717) is 23.4 Å². The number of urea groups is 1. The molecule has 0 aliphatic heterocycles. The first-order valence-electron chi connectivity index (χ1n) is 9.76. The minimum Gasteiger partial charge on any atom is -0.335 e. The standard InChI is InChI=1S/C20H26N6O2S/c1-3-12-26-18(15-8-10-21-11-9-15)24-25-20(26)29-13-17(27)23-19(28)22-16-7-5-4-6-14(16)2/h3,8-11,14,16H,1,4-7,12-13H2,2H3,(H2,22,23,27,28)/t14-,16-/m0/s1. The number of thioether (sulfide) groups is 1. The molecule has 0 radical (unpaired) electrons. The fourth-order valence-corrected chi connectivity index (χ4v) is 4.18. The van der Waals surface area contributed by atoms with Crippen molar-refractivity contribution in [2.45, 2.75) is 50.4 Å². The molecule has 9 heteroatoms. The van der Waals surface area contributed by atoms with Crippen molar-refractivity contribution in [2.24, 2.45) is 5.92 Å². The smallest absolute Gasteiger partial charge is 0.321 e. The van der Waals surface area contributed by atoms with Crippen molar-refractivity contribution in [2.75, 3.05) is 5.75 Å². The Labute approximate surface area is 174 Å². The molecule has 154 valence electrons. The first kappa shape index (κ1) is 21.0. The molecule has 3 rings (SSSR count). The number of pyridine rings is 1. The molecule has 2 aromatic rings. The molecule has 0 bridgehead atoms. The average molecular weight is 415 g/mol. The van der Waals surface area contributed by atoms with Gasteiger partial charge < -0.3 is 5.32 Å². The van der Waals surface area contributed by atoms with Gasteiger partial charge in [0.05, 0.1) is 5.75 Å². The Morgan fingerprint density at radius 1 is 1.28 bits per heavy atom. The third-order valence-corrected chi connectivity index (χ3v) is 5.95. The van der Waals surface area contributed by atoms with E-state index in [2.05, 4.69) is 39.3 Å². The van der Waals surface area contributed by atoms with Crippen molar-refractivity contribution in [3.63, 3.8) is 0 Å². The molecule has 1 saturated carbocycles. The van der Waals surface area contributed by atoms with Crippen molar-refractivity contribution in [3.8, 4) is 11.4 Å². The van der Waals surface area contributed by atoms with Gasteiger partial charge in [-0.05, 0) is 30.9 Å². The van der Waals surface area contributed by atoms with E-state index in [1.807, 2.05) is 16.7 Å². The zero-order chi connectivity index (χ0) is 20.6. The number of hydrogen-bond donors (Lipinski definition) is 2. The number of nitrogens with one attached hydrogen (secondary N) is 2. The van der Waals surface area contributed by atoms with Crippen molar-refractivity contribution in [1.82, 2.24) is 30.4 Å². The molecule has 1 aliphatic rings. The number of nitrogens with zero attached hydrogens (tertiary/aromatic N) is 4. The van der Waals surface area contributed by atoms with Gasteiger partial charge in [-0.1, -0.05) is 37.6 Å². The van der Waals surface area contributed by atoms with Crippen LogP contribution in [0.4, 0.5) is 4.79 Å². The maximum atomic E-state index is 12.2. The predicted molar refractivity (Wildman–Crippen MR) is 112 cm³/mol. The summed E-state index contributed by atoms with van der Waals surface area (Å²) in [6.45, 7) is 6.42. The van der Waals surface area contributed by atoms with Crippen molar-refractivity contribution < 1.29 is 9.59 Å². The molecular formula is C20H26N6O2S. The second-order valence-electron chi connectivity index (χ2n) is 7.12. The van der Waals surface area contributed by atoms with Crippen LogP contribution in [0, 0.1) is 5.92 Å². The first-order valence-corrected chi connectivity index (χ1v) is 10.7. The van der Waals surface area contributed by atoms with Crippen LogP contribution in [-0.4, -0.2) is 43.5 Å². The number of allylic oxidation sites excluding steroid dienone is 1. The van der Waals surface area contributed by atoms with E-state index in [4.69, 9.17) is 0 Å². The van der Waals surface area contributed by atoms with Gasteiger partial charge in [-0.2, -0.15) is 0 Å². The molecule has 8 nitrogen and oxygen atoms in total. The van der Waals surface area contributed by atoms with Crippen LogP contribution >= 0.6 is 11.8 Å². The number of carbonyl (C=O) groups is 2. The highest BCUT2D eigenvalue weighted by Gasteiger charge is 2.23. The summed E-state index contributed by atoms with van der Waals surface area (Å²) in [5.41, 5.74) is 0.881. The van der Waals surface area contributed by atoms with Crippen LogP contribution < -0.4 is 10.6 Å². The van der Waals surface area contributed by atoms with Gasteiger partial charge in [0, 0.05) is 30.5 Å². The van der Waals surface area contributed by atoms with Gasteiger partial charge in [0.1, 0.15) is 0 Å². The van der Waals surface area contributed by atoms with Crippen LogP contribution in [0.15, 0.2) is 42.3 Å². The molecule has 1 aliphatic carbocycles. The van der Waals surface area contributed by atoms with E-state index >= 15 is 0 Å². The van der Waals surface area contributed by atoms with Gasteiger partial charge in [0.25, 0.3) is 0 Å². The third-order valence-electron chi connectivity index (χ3n) is 4.98. The van der Waals surface area contributed by atoms with Crippen LogP contribution in [0.2, 0.25) is 0 Å². The number of imide groups is 1. The fraction of sp³-hybridized carbons (Fsp3) is 0.450. The zero-order valence-corrected chi connectivity index (χ0v) is 17.3. The van der Waals surface area contributed by atoms with E-state index in [9.17, 15) is 9.59 Å². The lowest BCUT2D eigenvalue weighted by Crippen LogP contribution is -2.48. The SMILES string of the molecule is C=CCn1c(SCC(=O)NC(=O)N[C@H]2CCCC[C@@H]2C)nnc1-c1ccncc1. The largest absolute Gasteiger partial charge is 0.335 e. The van der Waals surface area contributed by atoms with E-state index in [1.54, 1.807) is 18.5 Å². The molecule has 2 heterocycles. The second kappa shape index (κ2) is 10.2. The van der Waals surface area contributed by atoms with Gasteiger partial charge in [0.15, 0.2) is 11.0 Å². The molecule has 0 spiro atoms. The number of rotatable bonds is 7. The maximum Gasteiger partial charge on any atom is 0.321 e. The summed E-state index contributed by atoms with van der Waals surface area (Å²) >= 11 is 1.23. The summed E-state index contributed by atoms with van der Waals surface area (Å²) < 4.78 is 1.88. The van der Waals surface area contributed by atoms with Gasteiger partial charge in [-0.25, -0.2) is 4.79 Å². The van der Waals surface area contributed by atoms with Crippen LogP contribution in [0.1, 0.15) is 32.6 Å². The highest BCUT2D eigenvalue weighted by atomic mass is 32.2. The van der Waals surface area contributed by atoms with Crippen LogP contribution in [0.25, 0.3) is 11.4 Å². The van der Waals surface area contributed by atoms with E-state index < -0.39 is 6.03 Å². The fourth-order valence-electron chi connectivity index (χ4n) is 3.43. The van der Waals surface area contributed by atoms with Crippen molar-refractivity contribution in [1.29, 1.82) is 0 Å². The van der Waals surface area contributed by atoms with Crippen LogP contribution in [-0.2, 0) is 11.3 Å².